The molecule has 2 aromatic rings. The van der Waals surface area contributed by atoms with Crippen LogP contribution in [-0.2, 0) is 9.47 Å². The molecule has 1 aliphatic heterocycles. The SMILES string of the molecule is Clc1ccc(I)c(-c2ccc(Br)c(C3OC=CO3)c2)n1. The fourth-order valence-corrected chi connectivity index (χ4v) is 3.07. The Balaban J connectivity index is 2.06. The zero-order chi connectivity index (χ0) is 14.1. The van der Waals surface area contributed by atoms with E-state index in [1.54, 1.807) is 6.07 Å². The standard InChI is InChI=1S/C14H8BrClINO2/c15-10-2-1-8(7-9(10)14-19-5-6-20-14)13-11(17)3-4-12(16)18-13/h1-7,14H. The number of aromatic nitrogens is 1. The van der Waals surface area contributed by atoms with E-state index >= 15 is 0 Å². The lowest BCUT2D eigenvalue weighted by Crippen LogP contribution is -2.00. The molecule has 20 heavy (non-hydrogen) atoms. The van der Waals surface area contributed by atoms with Crippen LogP contribution in [-0.4, -0.2) is 4.98 Å². The molecule has 3 nitrogen and oxygen atoms in total. The molecule has 0 saturated carbocycles. The van der Waals surface area contributed by atoms with Gasteiger partial charge < -0.3 is 9.47 Å². The molecule has 0 aliphatic carbocycles. The average molecular weight is 464 g/mol. The molecule has 3 rings (SSSR count). The molecule has 2 heterocycles. The van der Waals surface area contributed by atoms with Crippen molar-refractivity contribution in [1.82, 2.24) is 4.98 Å². The summed E-state index contributed by atoms with van der Waals surface area (Å²) < 4.78 is 12.7. The number of halogens is 3. The van der Waals surface area contributed by atoms with E-state index in [4.69, 9.17) is 21.1 Å². The van der Waals surface area contributed by atoms with E-state index in [2.05, 4.69) is 43.5 Å². The van der Waals surface area contributed by atoms with Crippen molar-refractivity contribution >= 4 is 50.1 Å². The Bertz CT molecular complexity index is 685. The van der Waals surface area contributed by atoms with Crippen molar-refractivity contribution in [2.24, 2.45) is 0 Å². The fraction of sp³-hybridized carbons (Fsp3) is 0.0714. The van der Waals surface area contributed by atoms with Gasteiger partial charge in [0, 0.05) is 19.2 Å². The van der Waals surface area contributed by atoms with Crippen molar-refractivity contribution in [3.8, 4) is 11.3 Å². The van der Waals surface area contributed by atoms with Gasteiger partial charge in [0.05, 0.1) is 5.69 Å². The summed E-state index contributed by atoms with van der Waals surface area (Å²) in [6, 6.07) is 9.64. The minimum Gasteiger partial charge on any atom is -0.455 e. The number of hydrogen-bond acceptors (Lipinski definition) is 3. The van der Waals surface area contributed by atoms with Gasteiger partial charge in [-0.3, -0.25) is 0 Å². The van der Waals surface area contributed by atoms with E-state index < -0.39 is 6.29 Å². The van der Waals surface area contributed by atoms with Crippen LogP contribution < -0.4 is 0 Å². The first-order chi connectivity index (χ1) is 9.65. The highest BCUT2D eigenvalue weighted by molar-refractivity contribution is 14.1. The average Bonchev–Trinajstić information content (AvgIpc) is 2.96. The molecule has 0 radical (unpaired) electrons. The van der Waals surface area contributed by atoms with Gasteiger partial charge in [-0.25, -0.2) is 4.98 Å². The Hall–Kier alpha value is -0.790. The zero-order valence-corrected chi connectivity index (χ0v) is 14.5. The quantitative estimate of drug-likeness (QED) is 0.447. The topological polar surface area (TPSA) is 31.4 Å². The van der Waals surface area contributed by atoms with Crippen molar-refractivity contribution in [2.45, 2.75) is 6.29 Å². The molecule has 0 spiro atoms. The molecule has 6 heteroatoms. The summed E-state index contributed by atoms with van der Waals surface area (Å²) in [4.78, 5) is 4.39. The first kappa shape index (κ1) is 14.2. The van der Waals surface area contributed by atoms with Crippen LogP contribution in [0.15, 0.2) is 47.3 Å². The van der Waals surface area contributed by atoms with Crippen LogP contribution in [0.3, 0.4) is 0 Å². The van der Waals surface area contributed by atoms with E-state index in [0.717, 1.165) is 24.9 Å². The van der Waals surface area contributed by atoms with E-state index in [-0.39, 0.29) is 0 Å². The maximum Gasteiger partial charge on any atom is 0.267 e. The summed E-state index contributed by atoms with van der Waals surface area (Å²) in [5, 5.41) is 0.472. The summed E-state index contributed by atoms with van der Waals surface area (Å²) in [6.07, 6.45) is 2.64. The highest BCUT2D eigenvalue weighted by Gasteiger charge is 2.20. The maximum atomic E-state index is 5.98. The summed E-state index contributed by atoms with van der Waals surface area (Å²) in [6.45, 7) is 0. The van der Waals surface area contributed by atoms with Crippen molar-refractivity contribution in [3.63, 3.8) is 0 Å². The Kier molecular flexibility index (Phi) is 4.18. The molecule has 0 saturated heterocycles. The molecular weight excluding hydrogens is 456 g/mol. The molecule has 102 valence electrons. The van der Waals surface area contributed by atoms with E-state index in [0.29, 0.717) is 5.15 Å². The minimum absolute atomic E-state index is 0.429. The van der Waals surface area contributed by atoms with Crippen LogP contribution in [0.2, 0.25) is 5.15 Å². The third-order valence-electron chi connectivity index (χ3n) is 2.80. The predicted octanol–water partition coefficient (Wildman–Crippen LogP) is 5.29. The molecular formula is C14H8BrClINO2. The summed E-state index contributed by atoms with van der Waals surface area (Å²) in [7, 11) is 0. The molecule has 0 N–H and O–H groups in total. The lowest BCUT2D eigenvalue weighted by molar-refractivity contribution is -0.0251. The van der Waals surface area contributed by atoms with Crippen LogP contribution in [0.4, 0.5) is 0 Å². The lowest BCUT2D eigenvalue weighted by Gasteiger charge is -2.14. The summed E-state index contributed by atoms with van der Waals surface area (Å²) in [5.74, 6) is 0. The van der Waals surface area contributed by atoms with Gasteiger partial charge in [0.2, 0.25) is 0 Å². The van der Waals surface area contributed by atoms with Gasteiger partial charge in [-0.2, -0.15) is 0 Å². The van der Waals surface area contributed by atoms with Crippen molar-refractivity contribution in [3.05, 3.63) is 61.6 Å². The number of rotatable bonds is 2. The Morgan fingerprint density at radius 3 is 2.65 bits per heavy atom. The normalized spacial score (nSPS) is 14.2. The number of hydrogen-bond donors (Lipinski definition) is 0. The molecule has 0 bridgehead atoms. The molecule has 0 atom stereocenters. The number of pyridine rings is 1. The minimum atomic E-state index is -0.429. The monoisotopic (exact) mass is 463 g/mol. The third kappa shape index (κ3) is 2.80. The third-order valence-corrected chi connectivity index (χ3v) is 4.60. The van der Waals surface area contributed by atoms with Gasteiger partial charge in [0.25, 0.3) is 6.29 Å². The van der Waals surface area contributed by atoms with Gasteiger partial charge in [-0.05, 0) is 46.9 Å². The van der Waals surface area contributed by atoms with Crippen LogP contribution in [0.5, 0.6) is 0 Å². The lowest BCUT2D eigenvalue weighted by atomic mass is 10.1. The van der Waals surface area contributed by atoms with Gasteiger partial charge in [-0.1, -0.05) is 33.6 Å². The summed E-state index contributed by atoms with van der Waals surface area (Å²) >= 11 is 11.7. The second kappa shape index (κ2) is 5.91. The second-order valence-electron chi connectivity index (χ2n) is 4.08. The Morgan fingerprint density at radius 2 is 1.90 bits per heavy atom. The van der Waals surface area contributed by atoms with Crippen molar-refractivity contribution < 1.29 is 9.47 Å². The van der Waals surface area contributed by atoms with Crippen LogP contribution >= 0.6 is 50.1 Å². The van der Waals surface area contributed by atoms with Gasteiger partial charge in [0.1, 0.15) is 17.7 Å². The summed E-state index contributed by atoms with van der Waals surface area (Å²) in [5.41, 5.74) is 2.72. The van der Waals surface area contributed by atoms with Crippen LogP contribution in [0.25, 0.3) is 11.3 Å². The van der Waals surface area contributed by atoms with Crippen LogP contribution in [0, 0.1) is 3.57 Å². The molecule has 0 unspecified atom stereocenters. The first-order valence-electron chi connectivity index (χ1n) is 5.73. The predicted molar refractivity (Wildman–Crippen MR) is 89.2 cm³/mol. The maximum absolute atomic E-state index is 5.98. The molecule has 1 aliphatic rings. The van der Waals surface area contributed by atoms with Gasteiger partial charge >= 0.3 is 0 Å². The fourth-order valence-electron chi connectivity index (χ4n) is 1.88. The number of ether oxygens (including phenoxy) is 2. The smallest absolute Gasteiger partial charge is 0.267 e. The first-order valence-corrected chi connectivity index (χ1v) is 7.98. The van der Waals surface area contributed by atoms with E-state index in [9.17, 15) is 0 Å². The van der Waals surface area contributed by atoms with Crippen LogP contribution in [0.1, 0.15) is 11.9 Å². The Morgan fingerprint density at radius 1 is 1.15 bits per heavy atom. The highest BCUT2D eigenvalue weighted by atomic mass is 127. The zero-order valence-electron chi connectivity index (χ0n) is 10.0. The second-order valence-corrected chi connectivity index (χ2v) is 6.48. The van der Waals surface area contributed by atoms with Crippen molar-refractivity contribution in [2.75, 3.05) is 0 Å². The molecule has 0 amide bonds. The molecule has 1 aromatic carbocycles. The molecule has 1 aromatic heterocycles. The number of benzene rings is 1. The van der Waals surface area contributed by atoms with E-state index in [1.807, 2.05) is 24.3 Å². The van der Waals surface area contributed by atoms with E-state index in [1.165, 1.54) is 12.5 Å². The number of nitrogens with zero attached hydrogens (tertiary/aromatic N) is 1. The molecule has 0 fully saturated rings. The largest absolute Gasteiger partial charge is 0.455 e. The Labute approximate surface area is 143 Å². The van der Waals surface area contributed by atoms with Gasteiger partial charge in [-0.15, -0.1) is 0 Å². The highest BCUT2D eigenvalue weighted by Crippen LogP contribution is 2.34. The van der Waals surface area contributed by atoms with Crippen molar-refractivity contribution in [1.29, 1.82) is 0 Å². The van der Waals surface area contributed by atoms with Gasteiger partial charge in [0.15, 0.2) is 0 Å².